The molecule has 7 nitrogen and oxygen atoms in total. The Hall–Kier alpha value is -2.41. The third kappa shape index (κ3) is 3.58. The number of nitrogens with zero attached hydrogens (tertiary/aromatic N) is 4. The Morgan fingerprint density at radius 1 is 1.38 bits per heavy atom. The highest BCUT2D eigenvalue weighted by Crippen LogP contribution is 2.38. The van der Waals surface area contributed by atoms with E-state index >= 15 is 0 Å². The first kappa shape index (κ1) is 17.0. The van der Waals surface area contributed by atoms with E-state index in [1.54, 1.807) is 0 Å². The van der Waals surface area contributed by atoms with Gasteiger partial charge in [0.1, 0.15) is 23.7 Å². The van der Waals surface area contributed by atoms with Gasteiger partial charge in [-0.2, -0.15) is 0 Å². The van der Waals surface area contributed by atoms with Crippen molar-refractivity contribution in [1.82, 2.24) is 14.9 Å². The summed E-state index contributed by atoms with van der Waals surface area (Å²) in [6, 6.07) is 3.89. The molecule has 0 amide bonds. The van der Waals surface area contributed by atoms with E-state index in [4.69, 9.17) is 14.1 Å². The van der Waals surface area contributed by atoms with E-state index in [0.717, 1.165) is 31.2 Å². The second-order valence-corrected chi connectivity index (χ2v) is 7.11. The Bertz CT molecular complexity index is 834. The molecule has 138 valence electrons. The van der Waals surface area contributed by atoms with Gasteiger partial charge in [-0.05, 0) is 25.3 Å². The van der Waals surface area contributed by atoms with Gasteiger partial charge in [-0.25, -0.2) is 9.97 Å². The summed E-state index contributed by atoms with van der Waals surface area (Å²) in [6.45, 7) is 2.50. The molecule has 2 aliphatic rings. The van der Waals surface area contributed by atoms with E-state index in [2.05, 4.69) is 21.8 Å². The van der Waals surface area contributed by atoms with Gasteiger partial charge in [-0.1, -0.05) is 0 Å². The van der Waals surface area contributed by atoms with Crippen molar-refractivity contribution >= 4 is 5.82 Å². The van der Waals surface area contributed by atoms with Crippen LogP contribution in [0, 0.1) is 0 Å². The second-order valence-electron chi connectivity index (χ2n) is 7.11. The van der Waals surface area contributed by atoms with Crippen LogP contribution in [0.5, 0.6) is 5.75 Å². The molecule has 4 rings (SSSR count). The number of hydrogen-bond donors (Lipinski definition) is 0. The SMILES string of the molecule is COc1coc(CN2CCC(N(C)c3ccnc(C4CC4)n3)C2)cc1=O. The summed E-state index contributed by atoms with van der Waals surface area (Å²) in [7, 11) is 3.56. The normalized spacial score (nSPS) is 20.3. The molecule has 1 atom stereocenters. The molecule has 1 unspecified atom stereocenters. The van der Waals surface area contributed by atoms with Gasteiger partial charge in [0.2, 0.25) is 11.2 Å². The molecule has 1 saturated carbocycles. The first-order valence-corrected chi connectivity index (χ1v) is 9.08. The van der Waals surface area contributed by atoms with Crippen LogP contribution in [0.3, 0.4) is 0 Å². The van der Waals surface area contributed by atoms with Crippen LogP contribution in [0.25, 0.3) is 0 Å². The van der Waals surface area contributed by atoms with E-state index in [1.165, 1.54) is 32.3 Å². The van der Waals surface area contributed by atoms with Crippen molar-refractivity contribution in [2.75, 3.05) is 32.1 Å². The summed E-state index contributed by atoms with van der Waals surface area (Å²) in [5.74, 6) is 3.43. The van der Waals surface area contributed by atoms with Crippen molar-refractivity contribution in [2.45, 2.75) is 37.8 Å². The molecule has 2 aromatic rings. The average molecular weight is 356 g/mol. The van der Waals surface area contributed by atoms with Crippen LogP contribution in [0.1, 0.15) is 36.8 Å². The number of methoxy groups -OCH3 is 1. The molecule has 0 radical (unpaired) electrons. The zero-order chi connectivity index (χ0) is 18.1. The smallest absolute Gasteiger partial charge is 0.227 e. The Labute approximate surface area is 152 Å². The topological polar surface area (TPSA) is 71.7 Å². The fourth-order valence-electron chi connectivity index (χ4n) is 3.45. The quantitative estimate of drug-likeness (QED) is 0.784. The maximum Gasteiger partial charge on any atom is 0.227 e. The van der Waals surface area contributed by atoms with Gasteiger partial charge in [-0.3, -0.25) is 9.69 Å². The van der Waals surface area contributed by atoms with E-state index in [-0.39, 0.29) is 11.2 Å². The van der Waals surface area contributed by atoms with Crippen molar-refractivity contribution < 1.29 is 9.15 Å². The number of rotatable bonds is 6. The molecule has 3 heterocycles. The van der Waals surface area contributed by atoms with Crippen LogP contribution in [0.15, 0.2) is 33.8 Å². The number of anilines is 1. The minimum Gasteiger partial charge on any atom is -0.490 e. The minimum absolute atomic E-state index is 0.143. The zero-order valence-corrected chi connectivity index (χ0v) is 15.2. The number of aromatic nitrogens is 2. The van der Waals surface area contributed by atoms with Crippen molar-refractivity contribution in [2.24, 2.45) is 0 Å². The molecule has 2 fully saturated rings. The lowest BCUT2D eigenvalue weighted by Crippen LogP contribution is -2.35. The molecule has 1 aliphatic carbocycles. The van der Waals surface area contributed by atoms with Crippen LogP contribution in [-0.4, -0.2) is 48.2 Å². The maximum atomic E-state index is 11.9. The van der Waals surface area contributed by atoms with Crippen LogP contribution >= 0.6 is 0 Å². The molecule has 0 aromatic carbocycles. The third-order valence-corrected chi connectivity index (χ3v) is 5.21. The van der Waals surface area contributed by atoms with Gasteiger partial charge in [0.25, 0.3) is 0 Å². The number of likely N-dealkylation sites (N-methyl/N-ethyl adjacent to an activating group) is 1. The van der Waals surface area contributed by atoms with E-state index in [1.807, 2.05) is 12.3 Å². The summed E-state index contributed by atoms with van der Waals surface area (Å²) in [4.78, 5) is 25.6. The monoisotopic (exact) mass is 356 g/mol. The summed E-state index contributed by atoms with van der Waals surface area (Å²) < 4.78 is 10.5. The summed E-state index contributed by atoms with van der Waals surface area (Å²) >= 11 is 0. The second kappa shape index (κ2) is 7.07. The fraction of sp³-hybridized carbons (Fsp3) is 0.526. The molecule has 0 bridgehead atoms. The van der Waals surface area contributed by atoms with Crippen LogP contribution in [-0.2, 0) is 6.54 Å². The van der Waals surface area contributed by atoms with Crippen molar-refractivity contribution in [1.29, 1.82) is 0 Å². The average Bonchev–Trinajstić information content (AvgIpc) is 3.41. The molecule has 0 spiro atoms. The highest BCUT2D eigenvalue weighted by molar-refractivity contribution is 5.39. The van der Waals surface area contributed by atoms with E-state index < -0.39 is 0 Å². The van der Waals surface area contributed by atoms with Crippen molar-refractivity contribution in [3.63, 3.8) is 0 Å². The van der Waals surface area contributed by atoms with Gasteiger partial charge < -0.3 is 14.1 Å². The highest BCUT2D eigenvalue weighted by atomic mass is 16.5. The molecular weight excluding hydrogens is 332 g/mol. The van der Waals surface area contributed by atoms with Crippen LogP contribution in [0.4, 0.5) is 5.82 Å². The maximum absolute atomic E-state index is 11.9. The largest absolute Gasteiger partial charge is 0.490 e. The molecule has 7 heteroatoms. The Morgan fingerprint density at radius 3 is 2.96 bits per heavy atom. The predicted octanol–water partition coefficient (Wildman–Crippen LogP) is 2.03. The number of likely N-dealkylation sites (tertiary alicyclic amines) is 1. The van der Waals surface area contributed by atoms with Crippen LogP contribution in [0.2, 0.25) is 0 Å². The van der Waals surface area contributed by atoms with Gasteiger partial charge in [0.15, 0.2) is 0 Å². The fourth-order valence-corrected chi connectivity index (χ4v) is 3.45. The zero-order valence-electron chi connectivity index (χ0n) is 15.2. The summed E-state index contributed by atoms with van der Waals surface area (Å²) in [5.41, 5.74) is -0.143. The van der Waals surface area contributed by atoms with E-state index in [9.17, 15) is 4.79 Å². The lowest BCUT2D eigenvalue weighted by Gasteiger charge is -2.26. The molecule has 0 N–H and O–H groups in total. The lowest BCUT2D eigenvalue weighted by atomic mass is 10.2. The summed E-state index contributed by atoms with van der Waals surface area (Å²) in [5, 5.41) is 0. The van der Waals surface area contributed by atoms with Crippen molar-refractivity contribution in [3.8, 4) is 5.75 Å². The Morgan fingerprint density at radius 2 is 2.23 bits per heavy atom. The van der Waals surface area contributed by atoms with Crippen molar-refractivity contribution in [3.05, 3.63) is 46.4 Å². The molecule has 1 saturated heterocycles. The standard InChI is InChI=1S/C19H24N4O3/c1-22(18-5-7-20-19(21-18)13-3-4-13)14-6-8-23(10-14)11-15-9-16(24)17(25-2)12-26-15/h5,7,9,12-14H,3-4,6,8,10-11H2,1-2H3. The predicted molar refractivity (Wildman–Crippen MR) is 97.6 cm³/mol. The van der Waals surface area contributed by atoms with E-state index in [0.29, 0.717) is 24.3 Å². The number of ether oxygens (including phenoxy) is 1. The summed E-state index contributed by atoms with van der Waals surface area (Å²) in [6.07, 6.45) is 6.72. The lowest BCUT2D eigenvalue weighted by molar-refractivity contribution is 0.284. The minimum atomic E-state index is -0.143. The molecular formula is C19H24N4O3. The van der Waals surface area contributed by atoms with Gasteiger partial charge in [0, 0.05) is 44.4 Å². The Kier molecular flexibility index (Phi) is 4.63. The van der Waals surface area contributed by atoms with Gasteiger partial charge >= 0.3 is 0 Å². The van der Waals surface area contributed by atoms with Gasteiger partial charge in [0.05, 0.1) is 13.7 Å². The first-order chi connectivity index (χ1) is 12.6. The molecule has 1 aliphatic heterocycles. The molecule has 26 heavy (non-hydrogen) atoms. The highest BCUT2D eigenvalue weighted by Gasteiger charge is 2.29. The Balaban J connectivity index is 1.39. The van der Waals surface area contributed by atoms with Gasteiger partial charge in [-0.15, -0.1) is 0 Å². The third-order valence-electron chi connectivity index (χ3n) is 5.21. The van der Waals surface area contributed by atoms with Crippen LogP contribution < -0.4 is 15.1 Å². The number of hydrogen-bond acceptors (Lipinski definition) is 7. The first-order valence-electron chi connectivity index (χ1n) is 9.08. The molecule has 2 aromatic heterocycles.